The number of piperazine rings is 1. The van der Waals surface area contributed by atoms with Crippen molar-refractivity contribution in [2.45, 2.75) is 56.2 Å². The van der Waals surface area contributed by atoms with Gasteiger partial charge in [0, 0.05) is 55.2 Å². The van der Waals surface area contributed by atoms with E-state index in [1.54, 1.807) is 24.3 Å². The topological polar surface area (TPSA) is 311 Å². The quantitative estimate of drug-likeness (QED) is 0.0698. The number of anilines is 3. The number of carbonyl (C=O) groups excluding carboxylic acids is 1. The molecule has 3 saturated heterocycles. The second-order valence-electron chi connectivity index (χ2n) is 14.8. The lowest BCUT2D eigenvalue weighted by atomic mass is 9.91. The maximum Gasteiger partial charge on any atom is 0.671 e. The molecule has 26 nitrogen and oxygen atoms in total. The van der Waals surface area contributed by atoms with Crippen molar-refractivity contribution in [1.82, 2.24) is 19.7 Å². The smallest absolute Gasteiger partial charge is 0.488 e. The SMILES string of the molecule is CC(C)N1C(=O)N(c2ccc(N3CCN(c4ccc(OC[C@@H]5OC([N+](=O)[O-])[C@](Cn6cncn6)(c6ccc(F)cc6F)O5)cc4)CC3)cc2)C([N+](=O)[O-])([N+](=O)[O-])C1(OB(O)O)[N+](=O)[O-]. The minimum atomic E-state index is -4.23. The number of nitro groups is 4. The molecule has 3 fully saturated rings. The first-order valence-electron chi connectivity index (χ1n) is 19.1. The van der Waals surface area contributed by atoms with Crippen LogP contribution in [0.2, 0.25) is 0 Å². The van der Waals surface area contributed by atoms with Crippen LogP contribution >= 0.6 is 0 Å². The number of halogens is 2. The molecule has 29 heteroatoms. The first kappa shape index (κ1) is 44.8. The molecule has 2 amide bonds. The first-order chi connectivity index (χ1) is 30.4. The van der Waals surface area contributed by atoms with Gasteiger partial charge in [-0.15, -0.1) is 0 Å². The number of nitrogens with zero attached hydrogens (tertiary/aromatic N) is 11. The van der Waals surface area contributed by atoms with E-state index in [9.17, 15) is 59.7 Å². The van der Waals surface area contributed by atoms with E-state index in [4.69, 9.17) is 14.2 Å². The van der Waals surface area contributed by atoms with E-state index in [1.807, 2.05) is 9.80 Å². The number of urea groups is 1. The van der Waals surface area contributed by atoms with Gasteiger partial charge in [0.05, 0.1) is 22.1 Å². The molecule has 0 saturated carbocycles. The van der Waals surface area contributed by atoms with Gasteiger partial charge in [0.1, 0.15) is 46.5 Å². The second kappa shape index (κ2) is 17.2. The van der Waals surface area contributed by atoms with Gasteiger partial charge in [-0.3, -0.25) is 49.8 Å². The second-order valence-corrected chi connectivity index (χ2v) is 14.8. The summed E-state index contributed by atoms with van der Waals surface area (Å²) in [6.07, 6.45) is -0.900. The Hall–Kier alpha value is -7.21. The van der Waals surface area contributed by atoms with Crippen LogP contribution in [0.3, 0.4) is 0 Å². The fourth-order valence-corrected chi connectivity index (χ4v) is 8.15. The summed E-state index contributed by atoms with van der Waals surface area (Å²) >= 11 is 0. The lowest BCUT2D eigenvalue weighted by molar-refractivity contribution is -0.871. The predicted molar refractivity (Wildman–Crippen MR) is 210 cm³/mol. The third-order valence-corrected chi connectivity index (χ3v) is 10.8. The zero-order valence-corrected chi connectivity index (χ0v) is 33.4. The van der Waals surface area contributed by atoms with Crippen molar-refractivity contribution in [2.75, 3.05) is 47.5 Å². The number of carbonyl (C=O) groups is 1. The van der Waals surface area contributed by atoms with Gasteiger partial charge in [-0.05, 0) is 74.5 Å². The van der Waals surface area contributed by atoms with Gasteiger partial charge in [0.25, 0.3) is 0 Å². The summed E-state index contributed by atoms with van der Waals surface area (Å²) in [5, 5.41) is 73.1. The summed E-state index contributed by atoms with van der Waals surface area (Å²) in [5.41, 5.74) is -1.61. The zero-order valence-electron chi connectivity index (χ0n) is 33.4. The number of hydrogen-bond acceptors (Lipinski definition) is 19. The molecule has 0 aliphatic carbocycles. The summed E-state index contributed by atoms with van der Waals surface area (Å²) < 4.78 is 52.3. The van der Waals surface area contributed by atoms with Crippen LogP contribution in [-0.4, -0.2) is 126 Å². The highest BCUT2D eigenvalue weighted by molar-refractivity contribution is 6.32. The normalized spacial score (nSPS) is 23.1. The largest absolute Gasteiger partial charge is 0.671 e. The summed E-state index contributed by atoms with van der Waals surface area (Å²) in [6.45, 7) is 3.33. The zero-order chi connectivity index (χ0) is 46.3. The Kier molecular flexibility index (Phi) is 12.0. The van der Waals surface area contributed by atoms with Crippen LogP contribution in [0.25, 0.3) is 0 Å². The van der Waals surface area contributed by atoms with Gasteiger partial charge in [-0.2, -0.15) is 10.00 Å². The molecule has 0 bridgehead atoms. The van der Waals surface area contributed by atoms with Gasteiger partial charge in [0.2, 0.25) is 5.60 Å². The number of amides is 2. The molecule has 2 unspecified atom stereocenters. The fourth-order valence-electron chi connectivity index (χ4n) is 8.15. The van der Waals surface area contributed by atoms with Gasteiger partial charge < -0.3 is 29.3 Å². The van der Waals surface area contributed by atoms with Gasteiger partial charge in [0.15, 0.2) is 6.29 Å². The van der Waals surface area contributed by atoms with E-state index in [1.165, 1.54) is 29.5 Å². The Labute approximate surface area is 358 Å². The molecule has 3 aliphatic rings. The maximum absolute atomic E-state index is 15.2. The van der Waals surface area contributed by atoms with Crippen LogP contribution in [-0.2, 0) is 26.3 Å². The van der Waals surface area contributed by atoms with Crippen molar-refractivity contribution in [3.8, 4) is 5.75 Å². The summed E-state index contributed by atoms with van der Waals surface area (Å²) in [7, 11) is -3.14. The van der Waals surface area contributed by atoms with Gasteiger partial charge >= 0.3 is 31.2 Å². The van der Waals surface area contributed by atoms with Crippen LogP contribution in [0.1, 0.15) is 19.4 Å². The van der Waals surface area contributed by atoms with Crippen LogP contribution in [0, 0.1) is 52.1 Å². The Balaban J connectivity index is 1.02. The van der Waals surface area contributed by atoms with Crippen LogP contribution in [0.4, 0.5) is 30.6 Å². The van der Waals surface area contributed by atoms with Crippen LogP contribution in [0.15, 0.2) is 79.4 Å². The highest BCUT2D eigenvalue weighted by Crippen LogP contribution is 2.48. The summed E-state index contributed by atoms with van der Waals surface area (Å²) in [5.74, 6) is -9.94. The lowest BCUT2D eigenvalue weighted by Gasteiger charge is -2.37. The average molecular weight is 900 g/mol. The molecule has 338 valence electrons. The van der Waals surface area contributed by atoms with Crippen molar-refractivity contribution in [3.05, 3.63) is 137 Å². The minimum absolute atomic E-state index is 0.0203. The van der Waals surface area contributed by atoms with Gasteiger partial charge in [-0.25, -0.2) is 28.1 Å². The Morgan fingerprint density at radius 1 is 0.875 bits per heavy atom. The van der Waals surface area contributed by atoms with Crippen molar-refractivity contribution >= 4 is 30.4 Å². The fraction of sp³-hybridized carbons (Fsp3) is 0.400. The predicted octanol–water partition coefficient (Wildman–Crippen LogP) is 1.61. The molecule has 4 atom stereocenters. The van der Waals surface area contributed by atoms with E-state index >= 15 is 4.39 Å². The summed E-state index contributed by atoms with van der Waals surface area (Å²) in [6, 6.07) is 11.5. The molecule has 1 aromatic heterocycles. The molecule has 4 heterocycles. The van der Waals surface area contributed by atoms with Crippen molar-refractivity contribution < 1.29 is 62.2 Å². The van der Waals surface area contributed by atoms with Crippen molar-refractivity contribution in [1.29, 1.82) is 0 Å². The standard InChI is InChI=1S/C35H36BF2N11O15/c1-22(2)44-32(50)45(34(47(55)56,48(57)58)35(44,49(59)60)64-36(51)52)26-6-4-24(5-7-26)41-13-15-42(16-14-41)25-8-10-27(11-9-25)61-18-30-62-31(46(53)54)33(63-30,19-43-21-39-20-40-43)28-12-3-23(37)17-29(28)38/h3-12,17,20-22,30-31,51-52H,13-16,18-19H2,1-2H3/t30-,31?,33+,35?/m1/s1. The third kappa shape index (κ3) is 7.46. The Bertz CT molecular complexity index is 2400. The minimum Gasteiger partial charge on any atom is -0.488 e. The third-order valence-electron chi connectivity index (χ3n) is 10.8. The highest BCUT2D eigenvalue weighted by atomic mass is 19.1. The average Bonchev–Trinajstić information content (AvgIpc) is 3.95. The lowest BCUT2D eigenvalue weighted by Crippen LogP contribution is -2.76. The van der Waals surface area contributed by atoms with E-state index in [2.05, 4.69) is 14.7 Å². The van der Waals surface area contributed by atoms with Crippen molar-refractivity contribution in [2.24, 2.45) is 0 Å². The molecule has 64 heavy (non-hydrogen) atoms. The van der Waals surface area contributed by atoms with E-state index in [0.29, 0.717) is 43.7 Å². The molecule has 7 rings (SSSR count). The molecule has 4 aromatic rings. The van der Waals surface area contributed by atoms with Crippen LogP contribution in [0.5, 0.6) is 5.75 Å². The molecule has 3 aromatic carbocycles. The number of rotatable bonds is 16. The van der Waals surface area contributed by atoms with E-state index in [-0.39, 0.29) is 22.0 Å². The number of aromatic nitrogens is 3. The molecule has 2 N–H and O–H groups in total. The monoisotopic (exact) mass is 899 g/mol. The molecular formula is C35H36BF2N11O15. The van der Waals surface area contributed by atoms with E-state index in [0.717, 1.165) is 43.8 Å². The Morgan fingerprint density at radius 3 is 1.94 bits per heavy atom. The molecular weight excluding hydrogens is 863 g/mol. The number of hydrogen-bond donors (Lipinski definition) is 2. The van der Waals surface area contributed by atoms with Crippen LogP contribution < -0.4 is 19.4 Å². The molecule has 3 aliphatic heterocycles. The molecule has 0 radical (unpaired) electrons. The first-order valence-corrected chi connectivity index (χ1v) is 19.1. The van der Waals surface area contributed by atoms with Crippen molar-refractivity contribution in [3.63, 3.8) is 0 Å². The van der Waals surface area contributed by atoms with E-state index < -0.39 is 92.7 Å². The number of benzene rings is 3. The molecule has 0 spiro atoms. The highest BCUT2D eigenvalue weighted by Gasteiger charge is 2.98. The maximum atomic E-state index is 15.2. The summed E-state index contributed by atoms with van der Waals surface area (Å²) in [4.78, 5) is 65.8. The number of ether oxygens (including phenoxy) is 3. The van der Waals surface area contributed by atoms with Gasteiger partial charge in [-0.1, -0.05) is 0 Å². The Morgan fingerprint density at radius 2 is 1.45 bits per heavy atom.